The van der Waals surface area contributed by atoms with Crippen LogP contribution in [0.1, 0.15) is 33.2 Å². The van der Waals surface area contributed by atoms with Gasteiger partial charge in [-0.1, -0.05) is 60.1 Å². The number of nitrogens with one attached hydrogen (secondary N) is 1. The van der Waals surface area contributed by atoms with Gasteiger partial charge in [0.2, 0.25) is 0 Å². The summed E-state index contributed by atoms with van der Waals surface area (Å²) in [6.45, 7) is 1.97. The van der Waals surface area contributed by atoms with Gasteiger partial charge in [0, 0.05) is 11.3 Å². The van der Waals surface area contributed by atoms with Crippen molar-refractivity contribution in [1.29, 1.82) is 0 Å². The molecule has 38 heavy (non-hydrogen) atoms. The Bertz CT molecular complexity index is 1530. The second-order valence-electron chi connectivity index (χ2n) is 8.23. The average Bonchev–Trinajstić information content (AvgIpc) is 2.94. The highest BCUT2D eigenvalue weighted by molar-refractivity contribution is 7.92. The molecule has 1 amide bonds. The average molecular weight is 549 g/mol. The Kier molecular flexibility index (Phi) is 8.45. The van der Waals surface area contributed by atoms with Crippen molar-refractivity contribution in [1.82, 2.24) is 0 Å². The minimum absolute atomic E-state index is 0.0726. The van der Waals surface area contributed by atoms with E-state index in [2.05, 4.69) is 5.32 Å². The first-order valence-electron chi connectivity index (χ1n) is 11.8. The largest absolute Gasteiger partial charge is 0.462 e. The van der Waals surface area contributed by atoms with Gasteiger partial charge in [-0.2, -0.15) is 0 Å². The molecule has 0 spiro atoms. The summed E-state index contributed by atoms with van der Waals surface area (Å²) < 4.78 is 33.3. The Labute approximate surface area is 226 Å². The Balaban J connectivity index is 1.54. The molecule has 0 unspecified atom stereocenters. The van der Waals surface area contributed by atoms with Crippen molar-refractivity contribution in [2.24, 2.45) is 0 Å². The van der Waals surface area contributed by atoms with E-state index in [0.717, 1.165) is 0 Å². The molecule has 0 saturated heterocycles. The van der Waals surface area contributed by atoms with Crippen LogP contribution in [0, 0.1) is 0 Å². The molecule has 0 aromatic heterocycles. The highest BCUT2D eigenvalue weighted by Gasteiger charge is 2.25. The Morgan fingerprint density at radius 3 is 2.13 bits per heavy atom. The Hall–Kier alpha value is -4.14. The summed E-state index contributed by atoms with van der Waals surface area (Å²) in [5.41, 5.74) is 2.12. The van der Waals surface area contributed by atoms with Crippen molar-refractivity contribution >= 4 is 44.9 Å². The van der Waals surface area contributed by atoms with E-state index in [-0.39, 0.29) is 28.6 Å². The lowest BCUT2D eigenvalue weighted by atomic mass is 10.1. The standard InChI is InChI=1S/C29H25ClN2O5S/c1-2-37-29(34)26-19-23(17-18-27(26)30)31-28(33)22-15-13-21(14-16-22)20-32(24-9-5-3-6-10-24)38(35,36)25-11-7-4-8-12-25/h3-19H,2,20H2,1H3,(H,31,33). The van der Waals surface area contributed by atoms with Crippen LogP contribution in [0.5, 0.6) is 0 Å². The third kappa shape index (κ3) is 6.22. The number of para-hydroxylation sites is 1. The quantitative estimate of drug-likeness (QED) is 0.253. The number of rotatable bonds is 9. The molecule has 4 aromatic rings. The maximum atomic E-state index is 13.5. The third-order valence-corrected chi connectivity index (χ3v) is 7.75. The molecule has 0 aliphatic rings. The van der Waals surface area contributed by atoms with Gasteiger partial charge in [-0.15, -0.1) is 0 Å². The third-order valence-electron chi connectivity index (χ3n) is 5.64. The fourth-order valence-corrected chi connectivity index (χ4v) is 5.40. The van der Waals surface area contributed by atoms with Gasteiger partial charge in [-0.3, -0.25) is 9.10 Å². The van der Waals surface area contributed by atoms with Crippen molar-refractivity contribution in [3.63, 3.8) is 0 Å². The molecule has 0 heterocycles. The van der Waals surface area contributed by atoms with Crippen LogP contribution in [-0.2, 0) is 21.3 Å². The SMILES string of the molecule is CCOC(=O)c1cc(NC(=O)c2ccc(CN(c3ccccc3)S(=O)(=O)c3ccccc3)cc2)ccc1Cl. The van der Waals surface area contributed by atoms with Crippen LogP contribution in [0.2, 0.25) is 5.02 Å². The van der Waals surface area contributed by atoms with Gasteiger partial charge in [0.1, 0.15) is 0 Å². The number of anilines is 2. The van der Waals surface area contributed by atoms with E-state index >= 15 is 0 Å². The molecular weight excluding hydrogens is 524 g/mol. The number of amides is 1. The number of halogens is 1. The van der Waals surface area contributed by atoms with Crippen LogP contribution in [-0.4, -0.2) is 26.9 Å². The molecule has 0 bridgehead atoms. The monoisotopic (exact) mass is 548 g/mol. The van der Waals surface area contributed by atoms with Crippen molar-refractivity contribution in [3.8, 4) is 0 Å². The van der Waals surface area contributed by atoms with Gasteiger partial charge >= 0.3 is 5.97 Å². The predicted molar refractivity (Wildman–Crippen MR) is 148 cm³/mol. The summed E-state index contributed by atoms with van der Waals surface area (Å²) in [4.78, 5) is 25.1. The number of benzene rings is 4. The molecule has 194 valence electrons. The fraction of sp³-hybridized carbons (Fsp3) is 0.103. The van der Waals surface area contributed by atoms with Gasteiger partial charge in [0.15, 0.2) is 0 Å². The minimum atomic E-state index is -3.83. The van der Waals surface area contributed by atoms with Crippen molar-refractivity contribution in [2.45, 2.75) is 18.4 Å². The normalized spacial score (nSPS) is 11.0. The zero-order valence-electron chi connectivity index (χ0n) is 20.5. The summed E-state index contributed by atoms with van der Waals surface area (Å²) in [5, 5.41) is 2.96. The van der Waals surface area contributed by atoms with E-state index in [4.69, 9.17) is 16.3 Å². The molecule has 0 saturated carbocycles. The number of esters is 1. The summed E-state index contributed by atoms with van der Waals surface area (Å²) in [6.07, 6.45) is 0. The second kappa shape index (κ2) is 11.9. The highest BCUT2D eigenvalue weighted by Crippen LogP contribution is 2.26. The highest BCUT2D eigenvalue weighted by atomic mass is 35.5. The van der Waals surface area contributed by atoms with Gasteiger partial charge in [0.05, 0.1) is 34.3 Å². The summed E-state index contributed by atoms with van der Waals surface area (Å²) in [7, 11) is -3.83. The first-order valence-corrected chi connectivity index (χ1v) is 13.6. The van der Waals surface area contributed by atoms with Crippen molar-refractivity contribution in [2.75, 3.05) is 16.2 Å². The molecule has 0 aliphatic heterocycles. The Morgan fingerprint density at radius 1 is 0.868 bits per heavy atom. The predicted octanol–water partition coefficient (Wildman–Crippen LogP) is 6.16. The fourth-order valence-electron chi connectivity index (χ4n) is 3.73. The second-order valence-corrected chi connectivity index (χ2v) is 10.5. The first-order chi connectivity index (χ1) is 18.3. The number of carbonyl (C=O) groups is 2. The number of hydrogen-bond acceptors (Lipinski definition) is 5. The van der Waals surface area contributed by atoms with E-state index in [1.807, 2.05) is 6.07 Å². The summed E-state index contributed by atoms with van der Waals surface area (Å²) in [5.74, 6) is -0.975. The lowest BCUT2D eigenvalue weighted by molar-refractivity contribution is 0.0526. The van der Waals surface area contributed by atoms with Gasteiger partial charge in [0.25, 0.3) is 15.9 Å². The minimum Gasteiger partial charge on any atom is -0.462 e. The van der Waals surface area contributed by atoms with Gasteiger partial charge < -0.3 is 10.1 Å². The number of hydrogen-bond donors (Lipinski definition) is 1. The molecular formula is C29H25ClN2O5S. The number of carbonyl (C=O) groups excluding carboxylic acids is 2. The molecule has 1 N–H and O–H groups in total. The molecule has 0 aliphatic carbocycles. The van der Waals surface area contributed by atoms with Gasteiger partial charge in [-0.05, 0) is 67.1 Å². The first kappa shape index (κ1) is 26.9. The van der Waals surface area contributed by atoms with E-state index < -0.39 is 21.9 Å². The number of sulfonamides is 1. The maximum absolute atomic E-state index is 13.5. The Morgan fingerprint density at radius 2 is 1.50 bits per heavy atom. The number of ether oxygens (including phenoxy) is 1. The molecule has 7 nitrogen and oxygen atoms in total. The van der Waals surface area contributed by atoms with Crippen molar-refractivity contribution < 1.29 is 22.7 Å². The van der Waals surface area contributed by atoms with Crippen LogP contribution in [0.15, 0.2) is 108 Å². The van der Waals surface area contributed by atoms with E-state index in [0.29, 0.717) is 22.5 Å². The molecule has 0 fully saturated rings. The summed E-state index contributed by atoms with van der Waals surface area (Å²) >= 11 is 6.09. The van der Waals surface area contributed by atoms with E-state index in [9.17, 15) is 18.0 Å². The van der Waals surface area contributed by atoms with Crippen molar-refractivity contribution in [3.05, 3.63) is 125 Å². The zero-order chi connectivity index (χ0) is 27.1. The maximum Gasteiger partial charge on any atom is 0.339 e. The van der Waals surface area contributed by atoms with E-state index in [1.54, 1.807) is 91.9 Å². The van der Waals surface area contributed by atoms with E-state index in [1.165, 1.54) is 16.4 Å². The van der Waals surface area contributed by atoms with Crippen LogP contribution in [0.25, 0.3) is 0 Å². The lowest BCUT2D eigenvalue weighted by Gasteiger charge is -2.25. The van der Waals surface area contributed by atoms with Crippen LogP contribution < -0.4 is 9.62 Å². The summed E-state index contributed by atoms with van der Waals surface area (Å²) in [6, 6.07) is 28.3. The zero-order valence-corrected chi connectivity index (χ0v) is 22.1. The van der Waals surface area contributed by atoms with Gasteiger partial charge in [-0.25, -0.2) is 13.2 Å². The molecule has 9 heteroatoms. The molecule has 0 radical (unpaired) electrons. The topological polar surface area (TPSA) is 92.8 Å². The van der Waals surface area contributed by atoms with Crippen LogP contribution in [0.4, 0.5) is 11.4 Å². The van der Waals surface area contributed by atoms with Crippen LogP contribution >= 0.6 is 11.6 Å². The molecule has 4 aromatic carbocycles. The smallest absolute Gasteiger partial charge is 0.339 e. The van der Waals surface area contributed by atoms with Crippen LogP contribution in [0.3, 0.4) is 0 Å². The molecule has 0 atom stereocenters. The number of nitrogens with zero attached hydrogens (tertiary/aromatic N) is 1. The molecule has 4 rings (SSSR count). The lowest BCUT2D eigenvalue weighted by Crippen LogP contribution is -2.30.